The van der Waals surface area contributed by atoms with Crippen LogP contribution >= 0.6 is 0 Å². The predicted octanol–water partition coefficient (Wildman–Crippen LogP) is 5.89. The number of para-hydroxylation sites is 1. The van der Waals surface area contributed by atoms with Gasteiger partial charge in [0.1, 0.15) is 17.2 Å². The molecule has 0 saturated heterocycles. The molecule has 1 N–H and O–H groups in total. The number of hydrogen-bond donors (Lipinski definition) is 1. The highest BCUT2D eigenvalue weighted by atomic mass is 16.5. The molecule has 0 fully saturated rings. The molecule has 0 aliphatic rings. The van der Waals surface area contributed by atoms with E-state index >= 15 is 0 Å². The summed E-state index contributed by atoms with van der Waals surface area (Å²) in [4.78, 5) is 12.6. The largest absolute Gasteiger partial charge is 0.481 e. The van der Waals surface area contributed by atoms with Gasteiger partial charge in [0.2, 0.25) is 0 Å². The number of amides is 1. The molecule has 0 bridgehead atoms. The van der Waals surface area contributed by atoms with E-state index in [2.05, 4.69) is 5.32 Å². The first-order chi connectivity index (χ1) is 13.5. The zero-order valence-corrected chi connectivity index (χ0v) is 16.4. The third kappa shape index (κ3) is 5.13. The number of nitrogens with one attached hydrogen (secondary N) is 1. The molecule has 0 aliphatic carbocycles. The van der Waals surface area contributed by atoms with E-state index in [4.69, 9.17) is 9.47 Å². The Kier molecular flexibility index (Phi) is 6.33. The first-order valence-electron chi connectivity index (χ1n) is 9.43. The quantitative estimate of drug-likeness (QED) is 0.560. The second kappa shape index (κ2) is 9.09. The van der Waals surface area contributed by atoms with Gasteiger partial charge in [-0.15, -0.1) is 0 Å². The highest BCUT2D eigenvalue weighted by molar-refractivity contribution is 5.94. The van der Waals surface area contributed by atoms with Gasteiger partial charge in [-0.05, 0) is 79.9 Å². The Hall–Kier alpha value is -3.27. The number of aryl methyl sites for hydroxylation is 2. The van der Waals surface area contributed by atoms with E-state index in [9.17, 15) is 4.79 Å². The van der Waals surface area contributed by atoms with Crippen molar-refractivity contribution >= 4 is 11.6 Å². The van der Waals surface area contributed by atoms with E-state index in [1.807, 2.05) is 93.6 Å². The van der Waals surface area contributed by atoms with Crippen LogP contribution in [0.1, 0.15) is 24.5 Å². The Morgan fingerprint density at radius 3 is 2.14 bits per heavy atom. The van der Waals surface area contributed by atoms with Crippen molar-refractivity contribution in [2.24, 2.45) is 0 Å². The summed E-state index contributed by atoms with van der Waals surface area (Å²) in [6.45, 7) is 6.01. The van der Waals surface area contributed by atoms with Crippen molar-refractivity contribution < 1.29 is 14.3 Å². The van der Waals surface area contributed by atoms with Crippen molar-refractivity contribution in [2.45, 2.75) is 33.3 Å². The van der Waals surface area contributed by atoms with Gasteiger partial charge in [0.05, 0.1) is 0 Å². The minimum absolute atomic E-state index is 0.169. The standard InChI is InChI=1S/C24H25NO3/c1-4-23(28-22-13-10-17(2)18(3)16-22)24(26)25-19-11-14-21(15-12-19)27-20-8-6-5-7-9-20/h5-16,23H,4H2,1-3H3,(H,25,26)/t23-/m0/s1. The average molecular weight is 375 g/mol. The van der Waals surface area contributed by atoms with Crippen LogP contribution in [0.3, 0.4) is 0 Å². The molecule has 0 aliphatic heterocycles. The van der Waals surface area contributed by atoms with Gasteiger partial charge < -0.3 is 14.8 Å². The van der Waals surface area contributed by atoms with Gasteiger partial charge in [-0.2, -0.15) is 0 Å². The molecule has 4 heteroatoms. The lowest BCUT2D eigenvalue weighted by Crippen LogP contribution is -2.32. The van der Waals surface area contributed by atoms with E-state index in [0.717, 1.165) is 11.3 Å². The van der Waals surface area contributed by atoms with Crippen LogP contribution in [0.15, 0.2) is 72.8 Å². The Balaban J connectivity index is 1.61. The van der Waals surface area contributed by atoms with Crippen molar-refractivity contribution in [1.82, 2.24) is 0 Å². The number of anilines is 1. The first-order valence-corrected chi connectivity index (χ1v) is 9.43. The van der Waals surface area contributed by atoms with E-state index in [-0.39, 0.29) is 5.91 Å². The van der Waals surface area contributed by atoms with Gasteiger partial charge in [0.25, 0.3) is 5.91 Å². The zero-order chi connectivity index (χ0) is 19.9. The van der Waals surface area contributed by atoms with Crippen LogP contribution in [0.5, 0.6) is 17.2 Å². The van der Waals surface area contributed by atoms with Gasteiger partial charge in [-0.25, -0.2) is 0 Å². The maximum atomic E-state index is 12.6. The van der Waals surface area contributed by atoms with Gasteiger partial charge in [0, 0.05) is 5.69 Å². The van der Waals surface area contributed by atoms with Crippen LogP contribution in [0.4, 0.5) is 5.69 Å². The number of carbonyl (C=O) groups is 1. The Bertz CT molecular complexity index is 920. The molecule has 28 heavy (non-hydrogen) atoms. The maximum absolute atomic E-state index is 12.6. The summed E-state index contributed by atoms with van der Waals surface area (Å²) in [6.07, 6.45) is 0.0240. The topological polar surface area (TPSA) is 47.6 Å². The van der Waals surface area contributed by atoms with Crippen LogP contribution in [-0.2, 0) is 4.79 Å². The van der Waals surface area contributed by atoms with Crippen LogP contribution in [0, 0.1) is 13.8 Å². The van der Waals surface area contributed by atoms with E-state index in [0.29, 0.717) is 23.6 Å². The van der Waals surface area contributed by atoms with Gasteiger partial charge in [-0.3, -0.25) is 4.79 Å². The maximum Gasteiger partial charge on any atom is 0.265 e. The van der Waals surface area contributed by atoms with Crippen molar-refractivity contribution in [3.05, 3.63) is 83.9 Å². The molecule has 4 nitrogen and oxygen atoms in total. The van der Waals surface area contributed by atoms with Crippen molar-refractivity contribution in [2.75, 3.05) is 5.32 Å². The highest BCUT2D eigenvalue weighted by Crippen LogP contribution is 2.23. The molecule has 1 amide bonds. The normalized spacial score (nSPS) is 11.5. The minimum Gasteiger partial charge on any atom is -0.481 e. The van der Waals surface area contributed by atoms with Gasteiger partial charge >= 0.3 is 0 Å². The summed E-state index contributed by atoms with van der Waals surface area (Å²) in [5, 5.41) is 2.91. The first kappa shape index (κ1) is 19.5. The molecule has 0 aromatic heterocycles. The fraction of sp³-hybridized carbons (Fsp3) is 0.208. The predicted molar refractivity (Wildman–Crippen MR) is 112 cm³/mol. The lowest BCUT2D eigenvalue weighted by molar-refractivity contribution is -0.122. The second-order valence-corrected chi connectivity index (χ2v) is 6.69. The molecule has 0 heterocycles. The number of ether oxygens (including phenoxy) is 2. The van der Waals surface area contributed by atoms with E-state index < -0.39 is 6.10 Å². The third-order valence-electron chi connectivity index (χ3n) is 4.52. The fourth-order valence-electron chi connectivity index (χ4n) is 2.73. The summed E-state index contributed by atoms with van der Waals surface area (Å²) < 4.78 is 11.7. The van der Waals surface area contributed by atoms with E-state index in [1.54, 1.807) is 0 Å². The molecule has 144 valence electrons. The van der Waals surface area contributed by atoms with Crippen molar-refractivity contribution in [3.63, 3.8) is 0 Å². The zero-order valence-electron chi connectivity index (χ0n) is 16.4. The van der Waals surface area contributed by atoms with Crippen molar-refractivity contribution in [1.29, 1.82) is 0 Å². The molecule has 0 radical (unpaired) electrons. The number of benzene rings is 3. The summed E-state index contributed by atoms with van der Waals surface area (Å²) in [5.41, 5.74) is 3.04. The Labute approximate surface area is 166 Å². The summed E-state index contributed by atoms with van der Waals surface area (Å²) in [5.74, 6) is 2.02. The minimum atomic E-state index is -0.553. The van der Waals surface area contributed by atoms with Crippen molar-refractivity contribution in [3.8, 4) is 17.2 Å². The number of hydrogen-bond acceptors (Lipinski definition) is 3. The van der Waals surface area contributed by atoms with Gasteiger partial charge in [-0.1, -0.05) is 31.2 Å². The van der Waals surface area contributed by atoms with Crippen LogP contribution in [0.2, 0.25) is 0 Å². The van der Waals surface area contributed by atoms with Gasteiger partial charge in [0.15, 0.2) is 6.10 Å². The number of carbonyl (C=O) groups excluding carboxylic acids is 1. The summed E-state index contributed by atoms with van der Waals surface area (Å²) in [7, 11) is 0. The molecule has 0 saturated carbocycles. The molecule has 3 rings (SSSR count). The van der Waals surface area contributed by atoms with Crippen LogP contribution in [0.25, 0.3) is 0 Å². The molecule has 3 aromatic rings. The SMILES string of the molecule is CC[C@H](Oc1ccc(C)c(C)c1)C(=O)Nc1ccc(Oc2ccccc2)cc1. The average Bonchev–Trinajstić information content (AvgIpc) is 2.71. The second-order valence-electron chi connectivity index (χ2n) is 6.69. The summed E-state index contributed by atoms with van der Waals surface area (Å²) in [6, 6.07) is 22.7. The molecule has 3 aromatic carbocycles. The molecular formula is C24H25NO3. The molecule has 1 atom stereocenters. The lowest BCUT2D eigenvalue weighted by atomic mass is 10.1. The molecule has 0 spiro atoms. The summed E-state index contributed by atoms with van der Waals surface area (Å²) >= 11 is 0. The fourth-order valence-corrected chi connectivity index (χ4v) is 2.73. The highest BCUT2D eigenvalue weighted by Gasteiger charge is 2.18. The molecule has 0 unspecified atom stereocenters. The third-order valence-corrected chi connectivity index (χ3v) is 4.52. The molecular weight excluding hydrogens is 350 g/mol. The smallest absolute Gasteiger partial charge is 0.265 e. The Morgan fingerprint density at radius 1 is 0.857 bits per heavy atom. The van der Waals surface area contributed by atoms with Crippen LogP contribution < -0.4 is 14.8 Å². The lowest BCUT2D eigenvalue weighted by Gasteiger charge is -2.18. The van der Waals surface area contributed by atoms with Crippen LogP contribution in [-0.4, -0.2) is 12.0 Å². The monoisotopic (exact) mass is 375 g/mol. The van der Waals surface area contributed by atoms with E-state index in [1.165, 1.54) is 5.56 Å². The Morgan fingerprint density at radius 2 is 1.50 bits per heavy atom. The number of rotatable bonds is 7.